The van der Waals surface area contributed by atoms with Crippen LogP contribution < -0.4 is 5.32 Å². The first-order valence-corrected chi connectivity index (χ1v) is 8.48. The second-order valence-electron chi connectivity index (χ2n) is 5.47. The summed E-state index contributed by atoms with van der Waals surface area (Å²) in [5.41, 5.74) is 0.644. The van der Waals surface area contributed by atoms with Crippen molar-refractivity contribution in [2.24, 2.45) is 5.92 Å². The first kappa shape index (κ1) is 17.9. The molecule has 1 heterocycles. The average molecular weight is 348 g/mol. The molecule has 1 saturated heterocycles. The molecule has 1 atom stereocenters. The van der Waals surface area contributed by atoms with Crippen LogP contribution in [0.2, 0.25) is 0 Å². The first-order chi connectivity index (χ1) is 10.8. The number of thioether (sulfide) groups is 1. The van der Waals surface area contributed by atoms with Gasteiger partial charge in [-0.1, -0.05) is 0 Å². The van der Waals surface area contributed by atoms with Crippen molar-refractivity contribution in [1.82, 2.24) is 4.90 Å². The molecule has 23 heavy (non-hydrogen) atoms. The van der Waals surface area contributed by atoms with Crippen LogP contribution in [0.3, 0.4) is 0 Å². The number of piperidine rings is 1. The zero-order valence-corrected chi connectivity index (χ0v) is 13.5. The van der Waals surface area contributed by atoms with E-state index in [1.807, 2.05) is 18.4 Å². The third kappa shape index (κ3) is 4.78. The monoisotopic (exact) mass is 348 g/mol. The summed E-state index contributed by atoms with van der Waals surface area (Å²) in [6.07, 6.45) is -4.69. The summed E-state index contributed by atoms with van der Waals surface area (Å²) in [7, 11) is 0. The number of rotatable bonds is 3. The molecule has 2 amide bonds. The molecule has 1 unspecified atom stereocenters. The number of carbonyl (C=O) groups excluding carboxylic acids is 1. The lowest BCUT2D eigenvalue weighted by atomic mass is 9.91. The number of likely N-dealkylation sites (tertiary alicyclic amines) is 1. The van der Waals surface area contributed by atoms with Crippen molar-refractivity contribution < 1.29 is 23.1 Å². The van der Waals surface area contributed by atoms with Gasteiger partial charge in [0.05, 0.1) is 0 Å². The van der Waals surface area contributed by atoms with Gasteiger partial charge in [0, 0.05) is 23.7 Å². The Labute approximate surface area is 137 Å². The van der Waals surface area contributed by atoms with Crippen LogP contribution in [-0.4, -0.2) is 47.7 Å². The van der Waals surface area contributed by atoms with Crippen LogP contribution in [-0.2, 0) is 0 Å². The van der Waals surface area contributed by atoms with Gasteiger partial charge in [-0.3, -0.25) is 0 Å². The van der Waals surface area contributed by atoms with Gasteiger partial charge < -0.3 is 15.3 Å². The predicted molar refractivity (Wildman–Crippen MR) is 83.6 cm³/mol. The molecular weight excluding hydrogens is 329 g/mol. The Hall–Kier alpha value is -1.41. The molecule has 2 rings (SSSR count). The smallest absolute Gasteiger partial charge is 0.383 e. The highest BCUT2D eigenvalue weighted by atomic mass is 32.2. The van der Waals surface area contributed by atoms with Gasteiger partial charge in [0.15, 0.2) is 6.10 Å². The second-order valence-corrected chi connectivity index (χ2v) is 6.35. The highest BCUT2D eigenvalue weighted by Gasteiger charge is 2.44. The van der Waals surface area contributed by atoms with Crippen LogP contribution in [0.5, 0.6) is 0 Å². The number of nitrogens with zero attached hydrogens (tertiary/aromatic N) is 1. The third-order valence-corrected chi connectivity index (χ3v) is 4.69. The summed E-state index contributed by atoms with van der Waals surface area (Å²) in [6.45, 7) is 0.402. The minimum absolute atomic E-state index is 0.138. The third-order valence-electron chi connectivity index (χ3n) is 3.95. The number of benzene rings is 1. The van der Waals surface area contributed by atoms with Crippen molar-refractivity contribution in [2.45, 2.75) is 30.0 Å². The van der Waals surface area contributed by atoms with Crippen molar-refractivity contribution in [3.63, 3.8) is 0 Å². The van der Waals surface area contributed by atoms with Crippen LogP contribution in [0.1, 0.15) is 12.8 Å². The van der Waals surface area contributed by atoms with E-state index < -0.39 is 18.2 Å². The lowest BCUT2D eigenvalue weighted by Crippen LogP contribution is -2.46. The fraction of sp³-hybridized carbons (Fsp3) is 0.533. The van der Waals surface area contributed by atoms with Crippen molar-refractivity contribution in [3.8, 4) is 0 Å². The maximum Gasteiger partial charge on any atom is 0.414 e. The quantitative estimate of drug-likeness (QED) is 0.821. The van der Waals surface area contributed by atoms with E-state index in [-0.39, 0.29) is 32.0 Å². The Balaban J connectivity index is 1.85. The molecule has 1 aliphatic heterocycles. The number of hydrogen-bond acceptors (Lipinski definition) is 3. The van der Waals surface area contributed by atoms with E-state index in [1.165, 1.54) is 4.90 Å². The number of hydrogen-bond donors (Lipinski definition) is 2. The Morgan fingerprint density at radius 1 is 1.30 bits per heavy atom. The summed E-state index contributed by atoms with van der Waals surface area (Å²) >= 11 is 1.59. The van der Waals surface area contributed by atoms with Gasteiger partial charge in [0.1, 0.15) is 0 Å². The maximum atomic E-state index is 12.5. The van der Waals surface area contributed by atoms with Crippen molar-refractivity contribution in [3.05, 3.63) is 24.3 Å². The van der Waals surface area contributed by atoms with Gasteiger partial charge in [-0.05, 0) is 49.3 Å². The number of aliphatic hydroxyl groups excluding tert-OH is 1. The van der Waals surface area contributed by atoms with Gasteiger partial charge in [0.2, 0.25) is 0 Å². The second kappa shape index (κ2) is 7.44. The first-order valence-electron chi connectivity index (χ1n) is 7.26. The van der Waals surface area contributed by atoms with Crippen molar-refractivity contribution >= 4 is 23.5 Å². The topological polar surface area (TPSA) is 52.6 Å². The number of halogens is 3. The Morgan fingerprint density at radius 2 is 1.87 bits per heavy atom. The highest BCUT2D eigenvalue weighted by molar-refractivity contribution is 7.98. The van der Waals surface area contributed by atoms with E-state index in [0.717, 1.165) is 4.90 Å². The fourth-order valence-corrected chi connectivity index (χ4v) is 2.97. The minimum atomic E-state index is -4.60. The summed E-state index contributed by atoms with van der Waals surface area (Å²) in [5.74, 6) is -0.847. The van der Waals surface area contributed by atoms with E-state index in [1.54, 1.807) is 23.9 Å². The largest absolute Gasteiger partial charge is 0.414 e. The highest BCUT2D eigenvalue weighted by Crippen LogP contribution is 2.31. The molecule has 1 aromatic rings. The van der Waals surface area contributed by atoms with Crippen LogP contribution in [0.4, 0.5) is 23.7 Å². The number of nitrogens with one attached hydrogen (secondary N) is 1. The van der Waals surface area contributed by atoms with Gasteiger partial charge in [-0.15, -0.1) is 11.8 Å². The molecule has 8 heteroatoms. The summed E-state index contributed by atoms with van der Waals surface area (Å²) in [6, 6.07) is 6.99. The standard InChI is InChI=1S/C15H19F3N2O2S/c1-23-12-4-2-11(3-5-12)19-14(22)20-8-6-10(7-9-20)13(21)15(16,17)18/h2-5,10,13,21H,6-9H2,1H3,(H,19,22). The van der Waals surface area contributed by atoms with Crippen LogP contribution in [0.25, 0.3) is 0 Å². The Morgan fingerprint density at radius 3 is 2.35 bits per heavy atom. The number of alkyl halides is 3. The molecule has 0 aromatic heterocycles. The summed E-state index contributed by atoms with van der Waals surface area (Å²) in [4.78, 5) is 14.7. The molecule has 1 aromatic carbocycles. The van der Waals surface area contributed by atoms with E-state index in [4.69, 9.17) is 0 Å². The van der Waals surface area contributed by atoms with Gasteiger partial charge in [-0.25, -0.2) is 4.79 Å². The van der Waals surface area contributed by atoms with Gasteiger partial charge >= 0.3 is 12.2 Å². The normalized spacial score (nSPS) is 17.9. The molecule has 1 aliphatic rings. The van der Waals surface area contributed by atoms with Crippen LogP contribution in [0, 0.1) is 5.92 Å². The molecule has 0 radical (unpaired) electrons. The minimum Gasteiger partial charge on any atom is -0.383 e. The SMILES string of the molecule is CSc1ccc(NC(=O)N2CCC(C(O)C(F)(F)F)CC2)cc1. The molecule has 0 saturated carbocycles. The molecule has 0 bridgehead atoms. The van der Waals surface area contributed by atoms with Gasteiger partial charge in [0.25, 0.3) is 0 Å². The summed E-state index contributed by atoms with van der Waals surface area (Å²) < 4.78 is 37.5. The number of amides is 2. The molecule has 4 nitrogen and oxygen atoms in total. The Kier molecular flexibility index (Phi) is 5.80. The van der Waals surface area contributed by atoms with Gasteiger partial charge in [-0.2, -0.15) is 13.2 Å². The number of anilines is 1. The van der Waals surface area contributed by atoms with Crippen molar-refractivity contribution in [1.29, 1.82) is 0 Å². The van der Waals surface area contributed by atoms with Crippen molar-refractivity contribution in [2.75, 3.05) is 24.7 Å². The van der Waals surface area contributed by atoms with E-state index in [0.29, 0.717) is 5.69 Å². The van der Waals surface area contributed by atoms with Crippen LogP contribution in [0.15, 0.2) is 29.2 Å². The van der Waals surface area contributed by atoms with Crippen LogP contribution >= 0.6 is 11.8 Å². The maximum absolute atomic E-state index is 12.5. The lowest BCUT2D eigenvalue weighted by Gasteiger charge is -2.34. The Bertz CT molecular complexity index is 529. The molecule has 0 spiro atoms. The number of carbonyl (C=O) groups is 1. The van der Waals surface area contributed by atoms with E-state index >= 15 is 0 Å². The fourth-order valence-electron chi connectivity index (χ4n) is 2.56. The zero-order valence-electron chi connectivity index (χ0n) is 12.6. The molecule has 1 fully saturated rings. The average Bonchev–Trinajstić information content (AvgIpc) is 2.54. The van der Waals surface area contributed by atoms with E-state index in [2.05, 4.69) is 5.32 Å². The molecule has 2 N–H and O–H groups in total. The zero-order chi connectivity index (χ0) is 17.0. The molecular formula is C15H19F3N2O2S. The predicted octanol–water partition coefficient (Wildman–Crippen LogP) is 3.58. The number of aliphatic hydroxyl groups is 1. The van der Waals surface area contributed by atoms with E-state index in [9.17, 15) is 23.1 Å². The molecule has 128 valence electrons. The summed E-state index contributed by atoms with van der Waals surface area (Å²) in [5, 5.41) is 12.0. The lowest BCUT2D eigenvalue weighted by molar-refractivity contribution is -0.222. The number of urea groups is 1. The molecule has 0 aliphatic carbocycles.